The predicted octanol–water partition coefficient (Wildman–Crippen LogP) is 4.29. The third-order valence-corrected chi connectivity index (χ3v) is 3.05. The van der Waals surface area contributed by atoms with Gasteiger partial charge in [-0.3, -0.25) is 0 Å². The second-order valence-corrected chi connectivity index (χ2v) is 4.67. The number of hydrogen-bond acceptors (Lipinski definition) is 2. The van der Waals surface area contributed by atoms with Gasteiger partial charge in [-0.2, -0.15) is 0 Å². The number of ether oxygens (including phenoxy) is 1. The highest BCUT2D eigenvalue weighted by atomic mass is 35.5. The van der Waals surface area contributed by atoms with E-state index in [0.29, 0.717) is 28.1 Å². The van der Waals surface area contributed by atoms with Crippen LogP contribution in [-0.2, 0) is 6.42 Å². The number of rotatable bonds is 4. The lowest BCUT2D eigenvalue weighted by atomic mass is 10.1. The fraction of sp³-hybridized carbons (Fsp3) is 0.143. The van der Waals surface area contributed by atoms with E-state index >= 15 is 0 Å². The van der Waals surface area contributed by atoms with Gasteiger partial charge < -0.3 is 10.5 Å². The molecule has 0 radical (unpaired) electrons. The van der Waals surface area contributed by atoms with Gasteiger partial charge in [0.2, 0.25) is 0 Å². The first-order valence-electron chi connectivity index (χ1n) is 5.61. The van der Waals surface area contributed by atoms with Gasteiger partial charge in [-0.05, 0) is 42.8 Å². The van der Waals surface area contributed by atoms with Gasteiger partial charge in [0.05, 0.1) is 5.02 Å². The summed E-state index contributed by atoms with van der Waals surface area (Å²) < 4.78 is 5.80. The molecule has 2 N–H and O–H groups in total. The van der Waals surface area contributed by atoms with Crippen LogP contribution in [0.2, 0.25) is 10.0 Å². The van der Waals surface area contributed by atoms with E-state index in [-0.39, 0.29) is 0 Å². The minimum absolute atomic E-state index is 0.556. The van der Waals surface area contributed by atoms with E-state index in [1.807, 2.05) is 30.3 Å². The lowest BCUT2D eigenvalue weighted by Gasteiger charge is -2.12. The van der Waals surface area contributed by atoms with Crippen molar-refractivity contribution in [3.8, 4) is 11.5 Å². The Bertz CT molecular complexity index is 543. The molecule has 0 bridgehead atoms. The highest BCUT2D eigenvalue weighted by Crippen LogP contribution is 2.32. The SMILES string of the molecule is NCCc1ccc(Cl)cc1Oc1ccccc1Cl. The molecule has 0 aliphatic heterocycles. The van der Waals surface area contributed by atoms with Crippen LogP contribution in [-0.4, -0.2) is 6.54 Å². The molecule has 2 aromatic carbocycles. The summed E-state index contributed by atoms with van der Waals surface area (Å²) in [4.78, 5) is 0. The molecule has 94 valence electrons. The van der Waals surface area contributed by atoms with Crippen molar-refractivity contribution in [3.05, 3.63) is 58.1 Å². The van der Waals surface area contributed by atoms with Crippen LogP contribution in [0.25, 0.3) is 0 Å². The first kappa shape index (κ1) is 13.2. The molecular formula is C14H13Cl2NO. The molecule has 0 saturated heterocycles. The molecule has 0 aromatic heterocycles. The number of halogens is 2. The van der Waals surface area contributed by atoms with Crippen LogP contribution >= 0.6 is 23.2 Å². The maximum Gasteiger partial charge on any atom is 0.146 e. The van der Waals surface area contributed by atoms with Gasteiger partial charge in [0.1, 0.15) is 11.5 Å². The van der Waals surface area contributed by atoms with Crippen LogP contribution in [0.4, 0.5) is 0 Å². The molecule has 0 aliphatic carbocycles. The van der Waals surface area contributed by atoms with Gasteiger partial charge >= 0.3 is 0 Å². The summed E-state index contributed by atoms with van der Waals surface area (Å²) in [5.41, 5.74) is 6.59. The fourth-order valence-electron chi connectivity index (χ4n) is 1.63. The molecule has 2 rings (SSSR count). The summed E-state index contributed by atoms with van der Waals surface area (Å²) in [5.74, 6) is 1.31. The van der Waals surface area contributed by atoms with Crippen molar-refractivity contribution in [1.82, 2.24) is 0 Å². The number of para-hydroxylation sites is 1. The average molecular weight is 282 g/mol. The lowest BCUT2D eigenvalue weighted by molar-refractivity contribution is 0.476. The number of nitrogens with two attached hydrogens (primary N) is 1. The van der Waals surface area contributed by atoms with E-state index in [1.54, 1.807) is 12.1 Å². The molecule has 0 atom stereocenters. The Morgan fingerprint density at radius 2 is 1.78 bits per heavy atom. The molecule has 0 amide bonds. The Labute approximate surface area is 116 Å². The van der Waals surface area contributed by atoms with Crippen molar-refractivity contribution >= 4 is 23.2 Å². The lowest BCUT2D eigenvalue weighted by Crippen LogP contribution is -2.04. The standard InChI is InChI=1S/C14H13Cl2NO/c15-11-6-5-10(7-8-17)14(9-11)18-13-4-2-1-3-12(13)16/h1-6,9H,7-8,17H2. The molecule has 2 aromatic rings. The highest BCUT2D eigenvalue weighted by Gasteiger charge is 2.07. The van der Waals surface area contributed by atoms with Crippen LogP contribution < -0.4 is 10.5 Å². The molecule has 0 fully saturated rings. The topological polar surface area (TPSA) is 35.2 Å². The molecule has 0 saturated carbocycles. The van der Waals surface area contributed by atoms with Crippen LogP contribution in [0.1, 0.15) is 5.56 Å². The van der Waals surface area contributed by atoms with Crippen LogP contribution in [0, 0.1) is 0 Å². The van der Waals surface area contributed by atoms with Crippen LogP contribution in [0.3, 0.4) is 0 Å². The zero-order chi connectivity index (χ0) is 13.0. The van der Waals surface area contributed by atoms with Crippen molar-refractivity contribution in [1.29, 1.82) is 0 Å². The van der Waals surface area contributed by atoms with Crippen molar-refractivity contribution in [2.45, 2.75) is 6.42 Å². The van der Waals surface area contributed by atoms with Gasteiger partial charge in [0.15, 0.2) is 0 Å². The zero-order valence-electron chi connectivity index (χ0n) is 9.70. The molecule has 4 heteroatoms. The average Bonchev–Trinajstić information content (AvgIpc) is 2.36. The Hall–Kier alpha value is -1.22. The summed E-state index contributed by atoms with van der Waals surface area (Å²) in [6.45, 7) is 0.556. The van der Waals surface area contributed by atoms with E-state index in [1.165, 1.54) is 0 Å². The van der Waals surface area contributed by atoms with Gasteiger partial charge in [-0.15, -0.1) is 0 Å². The molecule has 0 heterocycles. The highest BCUT2D eigenvalue weighted by molar-refractivity contribution is 6.32. The third kappa shape index (κ3) is 3.16. The molecular weight excluding hydrogens is 269 g/mol. The molecule has 2 nitrogen and oxygen atoms in total. The zero-order valence-corrected chi connectivity index (χ0v) is 11.2. The minimum Gasteiger partial charge on any atom is -0.455 e. The van der Waals surface area contributed by atoms with E-state index in [9.17, 15) is 0 Å². The maximum absolute atomic E-state index is 6.06. The Morgan fingerprint density at radius 1 is 1.00 bits per heavy atom. The molecule has 0 aliphatic rings. The maximum atomic E-state index is 6.06. The van der Waals surface area contributed by atoms with Crippen molar-refractivity contribution < 1.29 is 4.74 Å². The van der Waals surface area contributed by atoms with Gasteiger partial charge in [-0.1, -0.05) is 41.4 Å². The van der Waals surface area contributed by atoms with Crippen molar-refractivity contribution in [3.63, 3.8) is 0 Å². The summed E-state index contributed by atoms with van der Waals surface area (Å²) in [6, 6.07) is 12.8. The fourth-order valence-corrected chi connectivity index (χ4v) is 1.97. The van der Waals surface area contributed by atoms with E-state index in [0.717, 1.165) is 12.0 Å². The normalized spacial score (nSPS) is 10.4. The van der Waals surface area contributed by atoms with Crippen molar-refractivity contribution in [2.75, 3.05) is 6.54 Å². The van der Waals surface area contributed by atoms with Gasteiger partial charge in [0.25, 0.3) is 0 Å². The molecule has 18 heavy (non-hydrogen) atoms. The molecule has 0 spiro atoms. The Kier molecular flexibility index (Phi) is 4.48. The summed E-state index contributed by atoms with van der Waals surface area (Å²) >= 11 is 12.0. The predicted molar refractivity (Wildman–Crippen MR) is 75.7 cm³/mol. The van der Waals surface area contributed by atoms with Crippen LogP contribution in [0.15, 0.2) is 42.5 Å². The number of benzene rings is 2. The smallest absolute Gasteiger partial charge is 0.146 e. The van der Waals surface area contributed by atoms with Gasteiger partial charge in [-0.25, -0.2) is 0 Å². The first-order chi connectivity index (χ1) is 8.70. The number of hydrogen-bond donors (Lipinski definition) is 1. The quantitative estimate of drug-likeness (QED) is 0.908. The summed E-state index contributed by atoms with van der Waals surface area (Å²) in [7, 11) is 0. The largest absolute Gasteiger partial charge is 0.455 e. The Morgan fingerprint density at radius 3 is 2.50 bits per heavy atom. The van der Waals surface area contributed by atoms with Gasteiger partial charge in [0, 0.05) is 5.02 Å². The van der Waals surface area contributed by atoms with Crippen LogP contribution in [0.5, 0.6) is 11.5 Å². The minimum atomic E-state index is 0.556. The summed E-state index contributed by atoms with van der Waals surface area (Å²) in [5, 5.41) is 1.19. The third-order valence-electron chi connectivity index (χ3n) is 2.50. The van der Waals surface area contributed by atoms with Crippen molar-refractivity contribution in [2.24, 2.45) is 5.73 Å². The molecule has 0 unspecified atom stereocenters. The van der Waals surface area contributed by atoms with E-state index in [2.05, 4.69) is 0 Å². The Balaban J connectivity index is 2.33. The first-order valence-corrected chi connectivity index (χ1v) is 6.37. The second kappa shape index (κ2) is 6.10. The van der Waals surface area contributed by atoms with E-state index < -0.39 is 0 Å². The monoisotopic (exact) mass is 281 g/mol. The van der Waals surface area contributed by atoms with E-state index in [4.69, 9.17) is 33.7 Å². The summed E-state index contributed by atoms with van der Waals surface area (Å²) in [6.07, 6.45) is 0.733. The second-order valence-electron chi connectivity index (χ2n) is 3.82.